The van der Waals surface area contributed by atoms with Crippen LogP contribution in [0.15, 0.2) is 76.3 Å². The highest BCUT2D eigenvalue weighted by Crippen LogP contribution is 2.33. The molecule has 0 radical (unpaired) electrons. The third-order valence-corrected chi connectivity index (χ3v) is 7.47. The number of aromatic amines is 1. The molecule has 0 fully saturated rings. The van der Waals surface area contributed by atoms with Crippen molar-refractivity contribution in [2.75, 3.05) is 33.9 Å². The summed E-state index contributed by atoms with van der Waals surface area (Å²) in [6.07, 6.45) is 4.19. The van der Waals surface area contributed by atoms with Gasteiger partial charge in [0.1, 0.15) is 10.7 Å². The molecule has 0 unspecified atom stereocenters. The van der Waals surface area contributed by atoms with E-state index in [-0.39, 0.29) is 27.7 Å². The van der Waals surface area contributed by atoms with Crippen LogP contribution >= 0.6 is 0 Å². The van der Waals surface area contributed by atoms with E-state index in [2.05, 4.69) is 15.2 Å². The Morgan fingerprint density at radius 1 is 0.929 bits per heavy atom. The molecule has 216 valence electrons. The van der Waals surface area contributed by atoms with Gasteiger partial charge in [0.2, 0.25) is 0 Å². The van der Waals surface area contributed by atoms with Gasteiger partial charge in [-0.25, -0.2) is 0 Å². The van der Waals surface area contributed by atoms with Crippen molar-refractivity contribution in [2.24, 2.45) is 7.05 Å². The molecule has 0 atom stereocenters. The number of hydrogen-bond donors (Lipinski definition) is 2. The topological polar surface area (TPSA) is 106 Å². The number of carbonyl (C=O) groups is 1. The molecule has 2 N–H and O–H groups in total. The molecule has 0 saturated heterocycles. The molecular formula is C33H34N4O5. The minimum atomic E-state index is -0.362. The molecular weight excluding hydrogens is 532 g/mol. The standard InChI is InChI=1S/C33H34N4O5/c1-36-28(18-22-7-5-4-6-8-22)32(39)35-27(33(36)40)17-23-9-11-24(12-10-23)31(38)34-14-16-37-15-13-25-19-29(41-2)30(42-3)20-26(25)21-37/h4-12,17-20H,13-16,21H2,1-3H3,(H,34,38)(H,35,39)/b27-17-,28-18-. The molecule has 9 nitrogen and oxygen atoms in total. The highest BCUT2D eigenvalue weighted by Gasteiger charge is 2.19. The van der Waals surface area contributed by atoms with Crippen molar-refractivity contribution in [3.63, 3.8) is 0 Å². The van der Waals surface area contributed by atoms with Crippen molar-refractivity contribution in [1.29, 1.82) is 0 Å². The van der Waals surface area contributed by atoms with Gasteiger partial charge >= 0.3 is 0 Å². The second kappa shape index (κ2) is 12.7. The van der Waals surface area contributed by atoms with Gasteiger partial charge in [0.05, 0.1) is 14.2 Å². The average molecular weight is 567 g/mol. The van der Waals surface area contributed by atoms with Crippen LogP contribution in [-0.2, 0) is 20.0 Å². The van der Waals surface area contributed by atoms with Gasteiger partial charge in [-0.2, -0.15) is 0 Å². The van der Waals surface area contributed by atoms with Gasteiger partial charge in [-0.1, -0.05) is 42.5 Å². The summed E-state index contributed by atoms with van der Waals surface area (Å²) in [6.45, 7) is 2.91. The van der Waals surface area contributed by atoms with Gasteiger partial charge in [-0.05, 0) is 65.1 Å². The maximum absolute atomic E-state index is 13.0. The van der Waals surface area contributed by atoms with Crippen molar-refractivity contribution >= 4 is 18.1 Å². The minimum Gasteiger partial charge on any atom is -0.493 e. The molecule has 0 spiro atoms. The van der Waals surface area contributed by atoms with Gasteiger partial charge < -0.3 is 24.3 Å². The monoisotopic (exact) mass is 566 g/mol. The summed E-state index contributed by atoms with van der Waals surface area (Å²) in [5, 5.41) is 3.43. The molecule has 0 aliphatic carbocycles. The van der Waals surface area contributed by atoms with E-state index in [1.807, 2.05) is 42.5 Å². The first-order valence-corrected chi connectivity index (χ1v) is 13.8. The highest BCUT2D eigenvalue weighted by atomic mass is 16.5. The van der Waals surface area contributed by atoms with Crippen LogP contribution in [0.5, 0.6) is 11.5 Å². The molecule has 0 bridgehead atoms. The summed E-state index contributed by atoms with van der Waals surface area (Å²) in [7, 11) is 4.85. The van der Waals surface area contributed by atoms with Gasteiger partial charge in [0.25, 0.3) is 17.0 Å². The number of ether oxygens (including phenoxy) is 2. The third kappa shape index (κ3) is 6.37. The summed E-state index contributed by atoms with van der Waals surface area (Å²) >= 11 is 0. The first-order chi connectivity index (χ1) is 20.4. The highest BCUT2D eigenvalue weighted by molar-refractivity contribution is 5.94. The zero-order valence-electron chi connectivity index (χ0n) is 24.0. The van der Waals surface area contributed by atoms with Crippen molar-refractivity contribution < 1.29 is 14.3 Å². The number of H-pyrrole nitrogens is 1. The number of methoxy groups -OCH3 is 2. The van der Waals surface area contributed by atoms with E-state index >= 15 is 0 Å². The minimum absolute atomic E-state index is 0.170. The fourth-order valence-electron chi connectivity index (χ4n) is 5.11. The number of hydrogen-bond acceptors (Lipinski definition) is 6. The lowest BCUT2D eigenvalue weighted by molar-refractivity contribution is 0.0947. The molecule has 1 aromatic heterocycles. The second-order valence-electron chi connectivity index (χ2n) is 10.2. The molecule has 1 aliphatic rings. The van der Waals surface area contributed by atoms with Gasteiger partial charge in [-0.15, -0.1) is 0 Å². The molecule has 0 saturated carbocycles. The maximum atomic E-state index is 13.0. The average Bonchev–Trinajstić information content (AvgIpc) is 3.01. The van der Waals surface area contributed by atoms with Crippen molar-refractivity contribution in [3.05, 3.63) is 126 Å². The maximum Gasteiger partial charge on any atom is 0.274 e. The first-order valence-electron chi connectivity index (χ1n) is 13.8. The Balaban J connectivity index is 1.22. The van der Waals surface area contributed by atoms with E-state index in [1.54, 1.807) is 57.7 Å². The smallest absolute Gasteiger partial charge is 0.274 e. The summed E-state index contributed by atoms with van der Waals surface area (Å²) in [5.41, 5.74) is 3.81. The SMILES string of the molecule is COc1cc2c(cc1OC)CN(CCNC(=O)c1ccc(/C=c3\[nH]c(=O)/c(=C/c4ccccc4)n(C)c3=O)cc1)CC2. The largest absolute Gasteiger partial charge is 0.493 e. The Morgan fingerprint density at radius 2 is 1.60 bits per heavy atom. The zero-order chi connectivity index (χ0) is 29.6. The molecule has 9 heteroatoms. The molecule has 2 heterocycles. The number of fused-ring (bicyclic) bond motifs is 1. The van der Waals surface area contributed by atoms with Crippen LogP contribution in [0.25, 0.3) is 12.2 Å². The van der Waals surface area contributed by atoms with Crippen molar-refractivity contribution in [3.8, 4) is 11.5 Å². The van der Waals surface area contributed by atoms with Crippen LogP contribution in [0.2, 0.25) is 0 Å². The quantitative estimate of drug-likeness (QED) is 0.335. The number of rotatable bonds is 8. The molecule has 3 aromatic carbocycles. The number of nitrogens with zero attached hydrogens (tertiary/aromatic N) is 2. The van der Waals surface area contributed by atoms with Gasteiger partial charge in [-0.3, -0.25) is 19.3 Å². The predicted octanol–water partition coefficient (Wildman–Crippen LogP) is 1.54. The number of nitrogens with one attached hydrogen (secondary N) is 2. The fourth-order valence-corrected chi connectivity index (χ4v) is 5.11. The lowest BCUT2D eigenvalue weighted by Gasteiger charge is -2.29. The number of aromatic nitrogens is 2. The third-order valence-electron chi connectivity index (χ3n) is 7.47. The van der Waals surface area contributed by atoms with Gasteiger partial charge in [0, 0.05) is 38.8 Å². The lowest BCUT2D eigenvalue weighted by atomic mass is 9.99. The van der Waals surface area contributed by atoms with Crippen LogP contribution in [0.3, 0.4) is 0 Å². The number of carbonyl (C=O) groups excluding carboxylic acids is 1. The van der Waals surface area contributed by atoms with Crippen LogP contribution in [0.1, 0.15) is 32.6 Å². The molecule has 5 rings (SSSR count). The molecule has 1 amide bonds. The number of benzene rings is 3. The van der Waals surface area contributed by atoms with E-state index in [0.29, 0.717) is 17.7 Å². The zero-order valence-corrected chi connectivity index (χ0v) is 24.0. The summed E-state index contributed by atoms with van der Waals surface area (Å²) in [5.74, 6) is 1.29. The Hall–Kier alpha value is -4.89. The molecule has 1 aliphatic heterocycles. The van der Waals surface area contributed by atoms with Crippen LogP contribution in [0.4, 0.5) is 0 Å². The molecule has 42 heavy (non-hydrogen) atoms. The summed E-state index contributed by atoms with van der Waals surface area (Å²) in [4.78, 5) is 43.5. The normalized spacial score (nSPS) is 14.0. The van der Waals surface area contributed by atoms with E-state index in [4.69, 9.17) is 9.47 Å². The van der Waals surface area contributed by atoms with Crippen molar-refractivity contribution in [1.82, 2.24) is 19.8 Å². The van der Waals surface area contributed by atoms with E-state index in [1.165, 1.54) is 15.7 Å². The van der Waals surface area contributed by atoms with E-state index in [0.717, 1.165) is 43.1 Å². The predicted molar refractivity (Wildman–Crippen MR) is 162 cm³/mol. The lowest BCUT2D eigenvalue weighted by Crippen LogP contribution is -2.52. The van der Waals surface area contributed by atoms with Gasteiger partial charge in [0.15, 0.2) is 11.5 Å². The Bertz CT molecular complexity index is 1830. The van der Waals surface area contributed by atoms with Crippen molar-refractivity contribution in [2.45, 2.75) is 13.0 Å². The van der Waals surface area contributed by atoms with Crippen LogP contribution < -0.4 is 36.6 Å². The number of amides is 1. The van der Waals surface area contributed by atoms with E-state index in [9.17, 15) is 14.4 Å². The van der Waals surface area contributed by atoms with Crippen LogP contribution in [0, 0.1) is 0 Å². The Morgan fingerprint density at radius 3 is 2.29 bits per heavy atom. The Labute approximate surface area is 243 Å². The second-order valence-corrected chi connectivity index (χ2v) is 10.2. The summed E-state index contributed by atoms with van der Waals surface area (Å²) in [6, 6.07) is 20.3. The fraction of sp³-hybridized carbons (Fsp3) is 0.242. The first kappa shape index (κ1) is 28.6. The Kier molecular flexibility index (Phi) is 8.68. The van der Waals surface area contributed by atoms with E-state index < -0.39 is 0 Å². The molecule has 4 aromatic rings. The summed E-state index contributed by atoms with van der Waals surface area (Å²) < 4.78 is 12.2. The van der Waals surface area contributed by atoms with Crippen LogP contribution in [-0.4, -0.2) is 54.2 Å².